The largest absolute Gasteiger partial charge is 0.362 e. The van der Waals surface area contributed by atoms with Crippen molar-refractivity contribution in [2.45, 2.75) is 52.7 Å². The molecule has 0 aliphatic heterocycles. The lowest BCUT2D eigenvalue weighted by atomic mass is 10.2. The van der Waals surface area contributed by atoms with Crippen LogP contribution >= 0.6 is 7.60 Å². The van der Waals surface area contributed by atoms with Crippen LogP contribution in [-0.4, -0.2) is 11.2 Å². The predicted octanol–water partition coefficient (Wildman–Crippen LogP) is 4.12. The van der Waals surface area contributed by atoms with Gasteiger partial charge in [-0.05, 0) is 65.8 Å². The highest BCUT2D eigenvalue weighted by Crippen LogP contribution is 2.53. The van der Waals surface area contributed by atoms with E-state index in [1.54, 1.807) is 24.3 Å². The molecule has 0 bridgehead atoms. The number of hydrogen-bond donors (Lipinski definition) is 0. The van der Waals surface area contributed by atoms with Crippen LogP contribution in [0, 0.1) is 12.3 Å². The van der Waals surface area contributed by atoms with Crippen molar-refractivity contribution in [2.24, 2.45) is 0 Å². The summed E-state index contributed by atoms with van der Waals surface area (Å²) in [6.07, 6.45) is 5.33. The van der Waals surface area contributed by atoms with Crippen molar-refractivity contribution in [1.29, 1.82) is 0 Å². The zero-order chi connectivity index (χ0) is 15.6. The first-order valence-corrected chi connectivity index (χ1v) is 8.08. The van der Waals surface area contributed by atoms with E-state index in [0.717, 1.165) is 5.56 Å². The van der Waals surface area contributed by atoms with E-state index in [1.807, 2.05) is 41.5 Å². The van der Waals surface area contributed by atoms with Crippen LogP contribution in [0.5, 0.6) is 0 Å². The smallest absolute Gasteiger partial charge is 0.299 e. The summed E-state index contributed by atoms with van der Waals surface area (Å²) < 4.78 is 24.6. The summed E-state index contributed by atoms with van der Waals surface area (Å²) in [5, 5.41) is 0.515. The van der Waals surface area contributed by atoms with Crippen LogP contribution in [0.15, 0.2) is 24.3 Å². The fourth-order valence-electron chi connectivity index (χ4n) is 1.59. The van der Waals surface area contributed by atoms with Crippen molar-refractivity contribution in [3.8, 4) is 12.3 Å². The van der Waals surface area contributed by atoms with Gasteiger partial charge < -0.3 is 0 Å². The summed E-state index contributed by atoms with van der Waals surface area (Å²) in [5.74, 6) is 2.53. The lowest BCUT2D eigenvalue weighted by Crippen LogP contribution is -2.28. The summed E-state index contributed by atoms with van der Waals surface area (Å²) in [7, 11) is -3.41. The quantitative estimate of drug-likeness (QED) is 0.621. The molecule has 0 fully saturated rings. The van der Waals surface area contributed by atoms with Crippen LogP contribution < -0.4 is 5.30 Å². The summed E-state index contributed by atoms with van der Waals surface area (Å²) >= 11 is 0. The molecular formula is C16H23O3P. The van der Waals surface area contributed by atoms with Crippen molar-refractivity contribution in [3.05, 3.63) is 29.8 Å². The SMILES string of the molecule is C#Cc1ccc(P(=O)(OC(C)(C)C)OC(C)(C)C)cc1. The lowest BCUT2D eigenvalue weighted by molar-refractivity contribution is 0.0548. The van der Waals surface area contributed by atoms with Crippen LogP contribution in [0.1, 0.15) is 47.1 Å². The normalized spacial score (nSPS) is 13.1. The third kappa shape index (κ3) is 5.13. The molecule has 0 unspecified atom stereocenters. The van der Waals surface area contributed by atoms with Crippen molar-refractivity contribution < 1.29 is 13.6 Å². The van der Waals surface area contributed by atoms with E-state index in [2.05, 4.69) is 5.92 Å². The minimum absolute atomic E-state index is 0.515. The second kappa shape index (κ2) is 5.74. The summed E-state index contributed by atoms with van der Waals surface area (Å²) in [6, 6.07) is 6.88. The summed E-state index contributed by atoms with van der Waals surface area (Å²) in [4.78, 5) is 0. The van der Waals surface area contributed by atoms with E-state index >= 15 is 0 Å². The van der Waals surface area contributed by atoms with Gasteiger partial charge in [0.05, 0.1) is 16.5 Å². The topological polar surface area (TPSA) is 35.5 Å². The first kappa shape index (κ1) is 17.0. The molecule has 0 spiro atoms. The van der Waals surface area contributed by atoms with Crippen LogP contribution in [0.25, 0.3) is 0 Å². The Morgan fingerprint density at radius 3 is 1.65 bits per heavy atom. The average molecular weight is 294 g/mol. The number of rotatable bonds is 3. The standard InChI is InChI=1S/C16H23O3P/c1-8-13-9-11-14(12-10-13)20(17,18-15(2,3)4)19-16(5,6)7/h1,9-12H,2-7H3. The molecule has 0 amide bonds. The maximum Gasteiger partial charge on any atom is 0.362 e. The van der Waals surface area contributed by atoms with E-state index in [4.69, 9.17) is 15.5 Å². The molecule has 1 aromatic rings. The van der Waals surface area contributed by atoms with Gasteiger partial charge in [-0.3, -0.25) is 13.6 Å². The maximum atomic E-state index is 13.1. The Hall–Kier alpha value is -1.07. The number of terminal acetylenes is 1. The van der Waals surface area contributed by atoms with Crippen molar-refractivity contribution in [1.82, 2.24) is 0 Å². The molecule has 0 aliphatic carbocycles. The zero-order valence-electron chi connectivity index (χ0n) is 13.1. The van der Waals surface area contributed by atoms with Gasteiger partial charge in [-0.15, -0.1) is 6.42 Å². The molecule has 0 N–H and O–H groups in total. The third-order valence-corrected chi connectivity index (χ3v) is 4.65. The Balaban J connectivity index is 3.22. The van der Waals surface area contributed by atoms with Gasteiger partial charge in [0.2, 0.25) is 0 Å². The predicted molar refractivity (Wildman–Crippen MR) is 83.3 cm³/mol. The highest BCUT2D eigenvalue weighted by atomic mass is 31.2. The molecule has 0 atom stereocenters. The van der Waals surface area contributed by atoms with Gasteiger partial charge in [0.15, 0.2) is 0 Å². The number of hydrogen-bond acceptors (Lipinski definition) is 3. The molecule has 4 heteroatoms. The van der Waals surface area contributed by atoms with E-state index < -0.39 is 18.8 Å². The summed E-state index contributed by atoms with van der Waals surface area (Å²) in [5.41, 5.74) is -0.427. The van der Waals surface area contributed by atoms with Gasteiger partial charge in [-0.1, -0.05) is 5.92 Å². The van der Waals surface area contributed by atoms with Crippen molar-refractivity contribution >= 4 is 12.9 Å². The molecule has 3 nitrogen and oxygen atoms in total. The van der Waals surface area contributed by atoms with Crippen LogP contribution in [0.3, 0.4) is 0 Å². The Bertz CT molecular complexity index is 519. The summed E-state index contributed by atoms with van der Waals surface area (Å²) in [6.45, 7) is 11.1. The first-order valence-electron chi connectivity index (χ1n) is 6.54. The minimum Gasteiger partial charge on any atom is -0.299 e. The van der Waals surface area contributed by atoms with Crippen molar-refractivity contribution in [3.63, 3.8) is 0 Å². The highest BCUT2D eigenvalue weighted by molar-refractivity contribution is 7.62. The molecule has 0 saturated heterocycles. The van der Waals surface area contributed by atoms with E-state index in [-0.39, 0.29) is 0 Å². The zero-order valence-corrected chi connectivity index (χ0v) is 14.0. The Morgan fingerprint density at radius 1 is 0.950 bits per heavy atom. The van der Waals surface area contributed by atoms with Gasteiger partial charge in [-0.2, -0.15) is 0 Å². The second-order valence-corrected chi connectivity index (χ2v) is 8.47. The monoisotopic (exact) mass is 294 g/mol. The van der Waals surface area contributed by atoms with Gasteiger partial charge in [0.1, 0.15) is 0 Å². The molecule has 1 rings (SSSR count). The van der Waals surface area contributed by atoms with Gasteiger partial charge >= 0.3 is 7.60 Å². The molecule has 0 aromatic heterocycles. The molecule has 1 aromatic carbocycles. The fourth-order valence-corrected chi connectivity index (χ4v) is 3.79. The molecule has 0 radical (unpaired) electrons. The maximum absolute atomic E-state index is 13.1. The van der Waals surface area contributed by atoms with E-state index in [9.17, 15) is 4.57 Å². The Labute approximate surface area is 122 Å². The van der Waals surface area contributed by atoms with Crippen molar-refractivity contribution in [2.75, 3.05) is 0 Å². The van der Waals surface area contributed by atoms with Gasteiger partial charge in [0.25, 0.3) is 0 Å². The lowest BCUT2D eigenvalue weighted by Gasteiger charge is -2.32. The van der Waals surface area contributed by atoms with Crippen LogP contribution in [0.4, 0.5) is 0 Å². The molecule has 0 saturated carbocycles. The Kier molecular flexibility index (Phi) is 4.87. The third-order valence-electron chi connectivity index (χ3n) is 2.14. The minimum atomic E-state index is -3.41. The van der Waals surface area contributed by atoms with Gasteiger partial charge in [-0.25, -0.2) is 0 Å². The molecule has 0 heterocycles. The van der Waals surface area contributed by atoms with E-state index in [0.29, 0.717) is 5.30 Å². The molecule has 0 aliphatic rings. The van der Waals surface area contributed by atoms with Crippen LogP contribution in [0.2, 0.25) is 0 Å². The van der Waals surface area contributed by atoms with Crippen LogP contribution in [-0.2, 0) is 13.6 Å². The van der Waals surface area contributed by atoms with Gasteiger partial charge in [0, 0.05) is 5.56 Å². The highest BCUT2D eigenvalue weighted by Gasteiger charge is 2.36. The molecular weight excluding hydrogens is 271 g/mol. The first-order chi connectivity index (χ1) is 8.95. The number of benzene rings is 1. The average Bonchev–Trinajstić information content (AvgIpc) is 2.24. The second-order valence-electron chi connectivity index (χ2n) is 6.60. The molecule has 20 heavy (non-hydrogen) atoms. The Morgan fingerprint density at radius 2 is 1.35 bits per heavy atom. The molecule has 110 valence electrons. The van der Waals surface area contributed by atoms with E-state index in [1.165, 1.54) is 0 Å². The fraction of sp³-hybridized carbons (Fsp3) is 0.500.